The molecule has 0 amide bonds. The van der Waals surface area contributed by atoms with E-state index in [0.29, 0.717) is 11.6 Å². The number of ether oxygens (including phenoxy) is 1. The molecule has 5 nitrogen and oxygen atoms in total. The Morgan fingerprint density at radius 3 is 2.76 bits per heavy atom. The second-order valence-corrected chi connectivity index (χ2v) is 8.88. The molecule has 3 aromatic carbocycles. The maximum Gasteiger partial charge on any atom is 0.338 e. The molecule has 1 aromatic heterocycles. The average Bonchev–Trinajstić information content (AvgIpc) is 2.88. The van der Waals surface area contributed by atoms with Crippen molar-refractivity contribution >= 4 is 22.4 Å². The van der Waals surface area contributed by atoms with Crippen molar-refractivity contribution in [1.82, 2.24) is 9.88 Å². The maximum atomic E-state index is 12.6. The molecular formula is C29H29N3O2. The van der Waals surface area contributed by atoms with Gasteiger partial charge in [0.25, 0.3) is 0 Å². The van der Waals surface area contributed by atoms with Crippen LogP contribution >= 0.6 is 0 Å². The Kier molecular flexibility index (Phi) is 6.82. The predicted octanol–water partition coefficient (Wildman–Crippen LogP) is 5.67. The van der Waals surface area contributed by atoms with Crippen LogP contribution in [0.4, 0.5) is 5.69 Å². The highest BCUT2D eigenvalue weighted by Gasteiger charge is 2.21. The number of rotatable bonds is 7. The summed E-state index contributed by atoms with van der Waals surface area (Å²) in [6, 6.07) is 26.3. The third-order valence-electron chi connectivity index (χ3n) is 6.33. The number of aromatic nitrogens is 1. The number of anilines is 1. The molecule has 5 heteroatoms. The molecule has 1 atom stereocenters. The number of piperidine rings is 1. The van der Waals surface area contributed by atoms with E-state index in [4.69, 9.17) is 4.74 Å². The topological polar surface area (TPSA) is 54.5 Å². The zero-order chi connectivity index (χ0) is 23.2. The van der Waals surface area contributed by atoms with E-state index in [2.05, 4.69) is 45.5 Å². The summed E-state index contributed by atoms with van der Waals surface area (Å²) in [6.07, 6.45) is 6.04. The summed E-state index contributed by atoms with van der Waals surface area (Å²) in [7, 11) is 0. The van der Waals surface area contributed by atoms with Crippen LogP contribution in [0.25, 0.3) is 10.8 Å². The summed E-state index contributed by atoms with van der Waals surface area (Å²) in [5.74, 6) is -0.283. The molecule has 1 aliphatic rings. The van der Waals surface area contributed by atoms with Gasteiger partial charge in [0.15, 0.2) is 0 Å². The van der Waals surface area contributed by atoms with Crippen LogP contribution in [0.5, 0.6) is 0 Å². The molecule has 4 aromatic rings. The van der Waals surface area contributed by atoms with Crippen molar-refractivity contribution in [3.63, 3.8) is 0 Å². The summed E-state index contributed by atoms with van der Waals surface area (Å²) < 4.78 is 5.51. The average molecular weight is 452 g/mol. The molecule has 0 aliphatic carbocycles. The number of carbonyl (C=O) groups is 1. The van der Waals surface area contributed by atoms with Gasteiger partial charge in [-0.05, 0) is 54.8 Å². The smallest absolute Gasteiger partial charge is 0.338 e. The number of esters is 1. The fraction of sp³-hybridized carbons (Fsp3) is 0.241. The van der Waals surface area contributed by atoms with E-state index < -0.39 is 0 Å². The first-order chi connectivity index (χ1) is 16.7. The van der Waals surface area contributed by atoms with E-state index in [9.17, 15) is 4.79 Å². The molecule has 0 radical (unpaired) electrons. The number of carbonyl (C=O) groups excluding carboxylic acids is 1. The van der Waals surface area contributed by atoms with Crippen LogP contribution in [0.3, 0.4) is 0 Å². The molecule has 1 saturated heterocycles. The lowest BCUT2D eigenvalue weighted by Gasteiger charge is -2.34. The number of likely N-dealkylation sites (tertiary alicyclic amines) is 1. The van der Waals surface area contributed by atoms with Crippen molar-refractivity contribution in [1.29, 1.82) is 0 Å². The third kappa shape index (κ3) is 5.43. The van der Waals surface area contributed by atoms with E-state index >= 15 is 0 Å². The van der Waals surface area contributed by atoms with Crippen LogP contribution in [0.2, 0.25) is 0 Å². The monoisotopic (exact) mass is 451 g/mol. The van der Waals surface area contributed by atoms with E-state index in [-0.39, 0.29) is 12.6 Å². The minimum Gasteiger partial charge on any atom is -0.457 e. The largest absolute Gasteiger partial charge is 0.457 e. The zero-order valence-corrected chi connectivity index (χ0v) is 19.2. The molecule has 1 unspecified atom stereocenters. The molecule has 5 rings (SSSR count). The Morgan fingerprint density at radius 2 is 1.85 bits per heavy atom. The van der Waals surface area contributed by atoms with Crippen molar-refractivity contribution in [2.75, 3.05) is 18.4 Å². The van der Waals surface area contributed by atoms with Crippen LogP contribution in [0, 0.1) is 0 Å². The Labute approximate surface area is 200 Å². The Bertz CT molecular complexity index is 1250. The van der Waals surface area contributed by atoms with Gasteiger partial charge in [-0.2, -0.15) is 0 Å². The molecule has 1 aliphatic heterocycles. The van der Waals surface area contributed by atoms with E-state index in [1.165, 1.54) is 5.39 Å². The quantitative estimate of drug-likeness (QED) is 0.367. The number of nitrogens with zero attached hydrogens (tertiary/aromatic N) is 2. The maximum absolute atomic E-state index is 12.6. The third-order valence-corrected chi connectivity index (χ3v) is 6.33. The minimum absolute atomic E-state index is 0.283. The number of hydrogen-bond donors (Lipinski definition) is 1. The zero-order valence-electron chi connectivity index (χ0n) is 19.2. The summed E-state index contributed by atoms with van der Waals surface area (Å²) >= 11 is 0. The van der Waals surface area contributed by atoms with Gasteiger partial charge in [-0.25, -0.2) is 4.79 Å². The Balaban J connectivity index is 1.20. The second-order valence-electron chi connectivity index (χ2n) is 8.88. The molecule has 34 heavy (non-hydrogen) atoms. The highest BCUT2D eigenvalue weighted by atomic mass is 16.5. The van der Waals surface area contributed by atoms with Gasteiger partial charge in [-0.3, -0.25) is 9.88 Å². The Morgan fingerprint density at radius 1 is 1.00 bits per heavy atom. The Hall–Kier alpha value is -3.70. The lowest BCUT2D eigenvalue weighted by atomic mass is 10.0. The van der Waals surface area contributed by atoms with Gasteiger partial charge in [-0.1, -0.05) is 54.6 Å². The minimum atomic E-state index is -0.283. The number of hydrogen-bond acceptors (Lipinski definition) is 5. The number of benzene rings is 3. The fourth-order valence-electron chi connectivity index (χ4n) is 4.65. The van der Waals surface area contributed by atoms with Gasteiger partial charge in [0.2, 0.25) is 0 Å². The van der Waals surface area contributed by atoms with Crippen molar-refractivity contribution in [2.24, 2.45) is 0 Å². The number of nitrogens with one attached hydrogen (secondary N) is 1. The van der Waals surface area contributed by atoms with Crippen molar-refractivity contribution in [3.05, 3.63) is 108 Å². The SMILES string of the molecule is O=C(OCc1ccccc1)c1cccc(CN2CCCC(Nc3cccc4cnccc34)C2)c1. The highest BCUT2D eigenvalue weighted by Crippen LogP contribution is 2.25. The number of fused-ring (bicyclic) bond motifs is 1. The molecule has 0 spiro atoms. The van der Waals surface area contributed by atoms with Crippen molar-refractivity contribution in [2.45, 2.75) is 32.0 Å². The summed E-state index contributed by atoms with van der Waals surface area (Å²) in [6.45, 7) is 3.12. The van der Waals surface area contributed by atoms with Crippen LogP contribution in [0.15, 0.2) is 91.3 Å². The molecule has 0 saturated carbocycles. The first-order valence-electron chi connectivity index (χ1n) is 11.9. The first kappa shape index (κ1) is 22.1. The van der Waals surface area contributed by atoms with Crippen LogP contribution < -0.4 is 5.32 Å². The summed E-state index contributed by atoms with van der Waals surface area (Å²) in [5, 5.41) is 6.11. The lowest BCUT2D eigenvalue weighted by Crippen LogP contribution is -2.41. The fourth-order valence-corrected chi connectivity index (χ4v) is 4.65. The van der Waals surface area contributed by atoms with Gasteiger partial charge in [-0.15, -0.1) is 0 Å². The van der Waals surface area contributed by atoms with Gasteiger partial charge in [0, 0.05) is 48.0 Å². The molecule has 1 fully saturated rings. The van der Waals surface area contributed by atoms with E-state index in [1.807, 2.05) is 60.9 Å². The highest BCUT2D eigenvalue weighted by molar-refractivity contribution is 5.93. The second kappa shape index (κ2) is 10.5. The van der Waals surface area contributed by atoms with Gasteiger partial charge in [0.1, 0.15) is 6.61 Å². The first-order valence-corrected chi connectivity index (χ1v) is 11.9. The predicted molar refractivity (Wildman–Crippen MR) is 136 cm³/mol. The van der Waals surface area contributed by atoms with Crippen molar-refractivity contribution < 1.29 is 9.53 Å². The lowest BCUT2D eigenvalue weighted by molar-refractivity contribution is 0.0472. The molecule has 172 valence electrons. The molecule has 0 bridgehead atoms. The van der Waals surface area contributed by atoms with E-state index in [1.54, 1.807) is 0 Å². The summed E-state index contributed by atoms with van der Waals surface area (Å²) in [4.78, 5) is 19.3. The van der Waals surface area contributed by atoms with Gasteiger partial charge >= 0.3 is 5.97 Å². The summed E-state index contributed by atoms with van der Waals surface area (Å²) in [5.41, 5.74) is 3.88. The number of pyridine rings is 1. The molecular weight excluding hydrogens is 422 g/mol. The molecule has 2 heterocycles. The van der Waals surface area contributed by atoms with Gasteiger partial charge in [0.05, 0.1) is 5.56 Å². The standard InChI is InChI=1S/C29H29N3O2/c33-29(34-21-22-7-2-1-3-8-22)24-10-4-9-23(17-24)19-32-16-6-12-26(20-32)31-28-13-5-11-25-18-30-15-14-27(25)28/h1-5,7-11,13-15,17-18,26,31H,6,12,16,19-21H2. The van der Waals surface area contributed by atoms with Gasteiger partial charge < -0.3 is 10.1 Å². The van der Waals surface area contributed by atoms with Crippen LogP contribution in [-0.4, -0.2) is 35.0 Å². The van der Waals surface area contributed by atoms with Crippen molar-refractivity contribution in [3.8, 4) is 0 Å². The molecule has 1 N–H and O–H groups in total. The normalized spacial score (nSPS) is 16.3. The van der Waals surface area contributed by atoms with E-state index in [0.717, 1.165) is 54.7 Å². The van der Waals surface area contributed by atoms with Crippen LogP contribution in [0.1, 0.15) is 34.3 Å². The van der Waals surface area contributed by atoms with Crippen LogP contribution in [-0.2, 0) is 17.9 Å².